The summed E-state index contributed by atoms with van der Waals surface area (Å²) >= 11 is 0. The van der Waals surface area contributed by atoms with Gasteiger partial charge in [0, 0.05) is 18.1 Å². The number of benzene rings is 1. The summed E-state index contributed by atoms with van der Waals surface area (Å²) in [5.41, 5.74) is -0.103. The van der Waals surface area contributed by atoms with E-state index in [2.05, 4.69) is 5.32 Å². The molecule has 6 nitrogen and oxygen atoms in total. The lowest BCUT2D eigenvalue weighted by Crippen LogP contribution is -2.20. The Morgan fingerprint density at radius 3 is 2.67 bits per heavy atom. The highest BCUT2D eigenvalue weighted by molar-refractivity contribution is 5.94. The summed E-state index contributed by atoms with van der Waals surface area (Å²) in [7, 11) is 0. The first kappa shape index (κ1) is 12.1. The third-order valence-corrected chi connectivity index (χ3v) is 2.83. The molecule has 0 saturated heterocycles. The van der Waals surface area contributed by atoms with Crippen LogP contribution in [0, 0.1) is 16.0 Å². The zero-order valence-corrected chi connectivity index (χ0v) is 9.50. The van der Waals surface area contributed by atoms with Crippen molar-refractivity contribution in [2.24, 2.45) is 5.92 Å². The SMILES string of the molecule is O=C(Nc1cc([N+](=O)[O-])ccc1O)C1CC=CC1. The number of phenols is 1. The predicted molar refractivity (Wildman–Crippen MR) is 65.3 cm³/mol. The maximum atomic E-state index is 11.8. The van der Waals surface area contributed by atoms with Gasteiger partial charge < -0.3 is 10.4 Å². The standard InChI is InChI=1S/C12H12N2O4/c15-11-6-5-9(14(17)18)7-10(11)13-12(16)8-3-1-2-4-8/h1-2,5-8,15H,3-4H2,(H,13,16). The van der Waals surface area contributed by atoms with Crippen molar-refractivity contribution in [1.29, 1.82) is 0 Å². The minimum absolute atomic E-state index is 0.0705. The van der Waals surface area contributed by atoms with E-state index in [0.717, 1.165) is 6.07 Å². The number of hydrogen-bond donors (Lipinski definition) is 2. The van der Waals surface area contributed by atoms with Gasteiger partial charge in [0.25, 0.3) is 5.69 Å². The molecule has 2 N–H and O–H groups in total. The molecule has 0 radical (unpaired) electrons. The summed E-state index contributed by atoms with van der Waals surface area (Å²) in [5.74, 6) is -0.584. The van der Waals surface area contributed by atoms with E-state index < -0.39 is 4.92 Å². The molecular weight excluding hydrogens is 236 g/mol. The Balaban J connectivity index is 2.15. The van der Waals surface area contributed by atoms with Crippen LogP contribution in [0.5, 0.6) is 5.75 Å². The van der Waals surface area contributed by atoms with E-state index in [4.69, 9.17) is 0 Å². The Hall–Kier alpha value is -2.37. The maximum Gasteiger partial charge on any atom is 0.271 e. The molecule has 0 atom stereocenters. The molecule has 0 aromatic heterocycles. The molecule has 18 heavy (non-hydrogen) atoms. The normalized spacial score (nSPS) is 14.7. The average molecular weight is 248 g/mol. The summed E-state index contributed by atoms with van der Waals surface area (Å²) in [4.78, 5) is 21.8. The van der Waals surface area contributed by atoms with Gasteiger partial charge in [0.15, 0.2) is 0 Å². The number of anilines is 1. The molecule has 94 valence electrons. The molecule has 0 fully saturated rings. The Bertz CT molecular complexity index is 517. The highest BCUT2D eigenvalue weighted by Crippen LogP contribution is 2.29. The van der Waals surface area contributed by atoms with Crippen molar-refractivity contribution in [2.45, 2.75) is 12.8 Å². The molecule has 1 amide bonds. The second-order valence-corrected chi connectivity index (χ2v) is 4.09. The lowest BCUT2D eigenvalue weighted by atomic mass is 10.1. The lowest BCUT2D eigenvalue weighted by molar-refractivity contribution is -0.384. The third-order valence-electron chi connectivity index (χ3n) is 2.83. The van der Waals surface area contributed by atoms with Gasteiger partial charge in [-0.1, -0.05) is 12.2 Å². The summed E-state index contributed by atoms with van der Waals surface area (Å²) in [6, 6.07) is 3.53. The van der Waals surface area contributed by atoms with E-state index in [1.807, 2.05) is 12.2 Å². The van der Waals surface area contributed by atoms with Crippen LogP contribution < -0.4 is 5.32 Å². The quantitative estimate of drug-likeness (QED) is 0.371. The number of nitro groups is 1. The van der Waals surface area contributed by atoms with Gasteiger partial charge in [-0.2, -0.15) is 0 Å². The zero-order chi connectivity index (χ0) is 13.1. The number of phenolic OH excluding ortho intramolecular Hbond substituents is 1. The van der Waals surface area contributed by atoms with Crippen molar-refractivity contribution in [3.63, 3.8) is 0 Å². The third kappa shape index (κ3) is 2.48. The molecule has 0 aliphatic heterocycles. The summed E-state index contributed by atoms with van der Waals surface area (Å²) in [6.45, 7) is 0. The van der Waals surface area contributed by atoms with E-state index in [1.165, 1.54) is 12.1 Å². The van der Waals surface area contributed by atoms with Gasteiger partial charge in [-0.3, -0.25) is 14.9 Å². The number of non-ortho nitro benzene ring substituents is 1. The fourth-order valence-corrected chi connectivity index (χ4v) is 1.80. The van der Waals surface area contributed by atoms with Crippen molar-refractivity contribution in [3.8, 4) is 5.75 Å². The van der Waals surface area contributed by atoms with Crippen LogP contribution in [0.1, 0.15) is 12.8 Å². The van der Waals surface area contributed by atoms with Crippen LogP contribution in [0.15, 0.2) is 30.4 Å². The molecule has 1 aromatic rings. The van der Waals surface area contributed by atoms with Gasteiger partial charge in [0.1, 0.15) is 5.75 Å². The molecule has 0 bridgehead atoms. The number of rotatable bonds is 3. The Labute approximate surface area is 103 Å². The van der Waals surface area contributed by atoms with Crippen LogP contribution in [0.25, 0.3) is 0 Å². The van der Waals surface area contributed by atoms with Crippen molar-refractivity contribution in [2.75, 3.05) is 5.32 Å². The van der Waals surface area contributed by atoms with Crippen molar-refractivity contribution in [1.82, 2.24) is 0 Å². The van der Waals surface area contributed by atoms with E-state index >= 15 is 0 Å². The van der Waals surface area contributed by atoms with Crippen molar-refractivity contribution >= 4 is 17.3 Å². The number of carbonyl (C=O) groups is 1. The van der Waals surface area contributed by atoms with Gasteiger partial charge >= 0.3 is 0 Å². The van der Waals surface area contributed by atoms with Crippen molar-refractivity contribution in [3.05, 3.63) is 40.5 Å². The van der Waals surface area contributed by atoms with E-state index in [0.29, 0.717) is 12.8 Å². The fraction of sp³-hybridized carbons (Fsp3) is 0.250. The van der Waals surface area contributed by atoms with E-state index in [9.17, 15) is 20.0 Å². The lowest BCUT2D eigenvalue weighted by Gasteiger charge is -2.11. The first-order chi connectivity index (χ1) is 8.58. The second-order valence-electron chi connectivity index (χ2n) is 4.09. The van der Waals surface area contributed by atoms with Crippen LogP contribution in [-0.2, 0) is 4.79 Å². The minimum Gasteiger partial charge on any atom is -0.506 e. The molecule has 2 rings (SSSR count). The molecule has 0 heterocycles. The molecule has 1 aromatic carbocycles. The second kappa shape index (κ2) is 4.87. The van der Waals surface area contributed by atoms with Crippen LogP contribution in [0.2, 0.25) is 0 Å². The van der Waals surface area contributed by atoms with Crippen LogP contribution in [0.3, 0.4) is 0 Å². The molecule has 0 unspecified atom stereocenters. The number of nitrogens with zero attached hydrogens (tertiary/aromatic N) is 1. The smallest absolute Gasteiger partial charge is 0.271 e. The topological polar surface area (TPSA) is 92.5 Å². The first-order valence-corrected chi connectivity index (χ1v) is 5.51. The molecule has 1 aliphatic rings. The summed E-state index contributed by atoms with van der Waals surface area (Å²) < 4.78 is 0. The summed E-state index contributed by atoms with van der Waals surface area (Å²) in [5, 5.41) is 22.7. The Kier molecular flexibility index (Phi) is 3.27. The molecule has 0 spiro atoms. The number of nitrogens with one attached hydrogen (secondary N) is 1. The minimum atomic E-state index is -0.577. The van der Waals surface area contributed by atoms with Gasteiger partial charge in [0.05, 0.1) is 10.6 Å². The Morgan fingerprint density at radius 2 is 2.06 bits per heavy atom. The Morgan fingerprint density at radius 1 is 1.39 bits per heavy atom. The number of nitro benzene ring substituents is 1. The largest absolute Gasteiger partial charge is 0.506 e. The highest BCUT2D eigenvalue weighted by Gasteiger charge is 2.21. The number of hydrogen-bond acceptors (Lipinski definition) is 4. The monoisotopic (exact) mass is 248 g/mol. The molecule has 0 saturated carbocycles. The number of carbonyl (C=O) groups excluding carboxylic acids is 1. The van der Waals surface area contributed by atoms with Gasteiger partial charge in [-0.25, -0.2) is 0 Å². The fourth-order valence-electron chi connectivity index (χ4n) is 1.80. The molecular formula is C12H12N2O4. The summed E-state index contributed by atoms with van der Waals surface area (Å²) in [6.07, 6.45) is 5.14. The van der Waals surface area contributed by atoms with E-state index in [1.54, 1.807) is 0 Å². The van der Waals surface area contributed by atoms with Gasteiger partial charge in [-0.05, 0) is 18.9 Å². The average Bonchev–Trinajstić information content (AvgIpc) is 2.85. The van der Waals surface area contributed by atoms with Crippen LogP contribution in [0.4, 0.5) is 11.4 Å². The van der Waals surface area contributed by atoms with Crippen LogP contribution >= 0.6 is 0 Å². The first-order valence-electron chi connectivity index (χ1n) is 5.51. The molecule has 6 heteroatoms. The van der Waals surface area contributed by atoms with Gasteiger partial charge in [-0.15, -0.1) is 0 Å². The number of amides is 1. The highest BCUT2D eigenvalue weighted by atomic mass is 16.6. The zero-order valence-electron chi connectivity index (χ0n) is 9.50. The van der Waals surface area contributed by atoms with Crippen molar-refractivity contribution < 1.29 is 14.8 Å². The maximum absolute atomic E-state index is 11.8. The van der Waals surface area contributed by atoms with Crippen LogP contribution in [-0.4, -0.2) is 15.9 Å². The number of allylic oxidation sites excluding steroid dienone is 2. The van der Waals surface area contributed by atoms with E-state index in [-0.39, 0.29) is 28.9 Å². The predicted octanol–water partition coefficient (Wildman–Crippen LogP) is 2.21. The van der Waals surface area contributed by atoms with Gasteiger partial charge in [0.2, 0.25) is 5.91 Å². The number of aromatic hydroxyl groups is 1. The molecule has 1 aliphatic carbocycles.